The molecule has 0 aliphatic rings. The van der Waals surface area contributed by atoms with Crippen LogP contribution in [0, 0.1) is 5.82 Å². The van der Waals surface area contributed by atoms with Gasteiger partial charge in [0.15, 0.2) is 6.29 Å². The van der Waals surface area contributed by atoms with Crippen LogP contribution in [0.5, 0.6) is 0 Å². The first kappa shape index (κ1) is 12.6. The van der Waals surface area contributed by atoms with Gasteiger partial charge in [-0.05, 0) is 29.8 Å². The Hall–Kier alpha value is -1.48. The molecule has 0 bridgehead atoms. The lowest BCUT2D eigenvalue weighted by Gasteiger charge is -1.95. The summed E-state index contributed by atoms with van der Waals surface area (Å²) in [5.41, 5.74) is 0.935. The van der Waals surface area contributed by atoms with Crippen LogP contribution < -0.4 is 0 Å². The summed E-state index contributed by atoms with van der Waals surface area (Å²) in [6, 6.07) is 9.86. The summed E-state index contributed by atoms with van der Waals surface area (Å²) in [7, 11) is 0. The number of carbonyl (C=O) groups is 1. The summed E-state index contributed by atoms with van der Waals surface area (Å²) < 4.78 is 12.6. The van der Waals surface area contributed by atoms with Gasteiger partial charge in [-0.25, -0.2) is 4.39 Å². The Labute approximate surface area is 98.6 Å². The normalized spacial score (nSPS) is 9.19. The van der Waals surface area contributed by atoms with Crippen molar-refractivity contribution in [2.75, 3.05) is 0 Å². The summed E-state index contributed by atoms with van der Waals surface area (Å²) in [5.74, 6) is -0.249. The highest BCUT2D eigenvalue weighted by molar-refractivity contribution is 7.17. The van der Waals surface area contributed by atoms with Gasteiger partial charge in [-0.15, -0.1) is 11.3 Å². The SMILES string of the molecule is CC.O=Cc1ccc(-c2ccc(F)cc2)s1. The molecule has 2 rings (SSSR count). The smallest absolute Gasteiger partial charge is 0.160 e. The quantitative estimate of drug-likeness (QED) is 0.707. The molecule has 0 unspecified atom stereocenters. The van der Waals surface area contributed by atoms with Crippen LogP contribution in [-0.4, -0.2) is 6.29 Å². The third-order valence-corrected chi connectivity index (χ3v) is 2.93. The van der Waals surface area contributed by atoms with Crippen molar-refractivity contribution in [2.24, 2.45) is 0 Å². The maximum absolute atomic E-state index is 12.6. The van der Waals surface area contributed by atoms with E-state index in [2.05, 4.69) is 0 Å². The predicted octanol–water partition coefficient (Wildman–Crippen LogP) is 4.39. The zero-order chi connectivity index (χ0) is 12.0. The van der Waals surface area contributed by atoms with Crippen LogP contribution in [0.4, 0.5) is 4.39 Å². The highest BCUT2D eigenvalue weighted by Crippen LogP contribution is 2.27. The van der Waals surface area contributed by atoms with E-state index in [4.69, 9.17) is 0 Å². The average Bonchev–Trinajstić information content (AvgIpc) is 2.81. The Bertz CT molecular complexity index is 445. The summed E-state index contributed by atoms with van der Waals surface area (Å²) in [6.07, 6.45) is 0.817. The number of halogens is 1. The molecule has 16 heavy (non-hydrogen) atoms. The molecule has 0 radical (unpaired) electrons. The fraction of sp³-hybridized carbons (Fsp3) is 0.154. The molecule has 1 heterocycles. The summed E-state index contributed by atoms with van der Waals surface area (Å²) in [6.45, 7) is 4.00. The lowest BCUT2D eigenvalue weighted by molar-refractivity contribution is 0.112. The summed E-state index contributed by atoms with van der Waals surface area (Å²) in [5, 5.41) is 0. The highest BCUT2D eigenvalue weighted by atomic mass is 32.1. The van der Waals surface area contributed by atoms with Gasteiger partial charge in [-0.1, -0.05) is 26.0 Å². The maximum atomic E-state index is 12.6. The molecular formula is C13H13FOS. The van der Waals surface area contributed by atoms with Crippen molar-refractivity contribution in [1.82, 2.24) is 0 Å². The third kappa shape index (κ3) is 3.00. The van der Waals surface area contributed by atoms with Crippen LogP contribution in [-0.2, 0) is 0 Å². The number of hydrogen-bond acceptors (Lipinski definition) is 2. The Balaban J connectivity index is 0.000000606. The van der Waals surface area contributed by atoms with Gasteiger partial charge in [0.25, 0.3) is 0 Å². The average molecular weight is 236 g/mol. The van der Waals surface area contributed by atoms with Crippen LogP contribution >= 0.6 is 11.3 Å². The van der Waals surface area contributed by atoms with Crippen LogP contribution in [0.15, 0.2) is 36.4 Å². The van der Waals surface area contributed by atoms with E-state index in [9.17, 15) is 9.18 Å². The van der Waals surface area contributed by atoms with E-state index in [1.807, 2.05) is 19.9 Å². The lowest BCUT2D eigenvalue weighted by atomic mass is 10.2. The molecule has 0 atom stereocenters. The van der Waals surface area contributed by atoms with Gasteiger partial charge in [0.1, 0.15) is 5.82 Å². The van der Waals surface area contributed by atoms with Gasteiger partial charge in [-0.2, -0.15) is 0 Å². The molecule has 0 fully saturated rings. The molecule has 0 spiro atoms. The van der Waals surface area contributed by atoms with E-state index < -0.39 is 0 Å². The van der Waals surface area contributed by atoms with Crippen molar-refractivity contribution in [3.63, 3.8) is 0 Å². The van der Waals surface area contributed by atoms with Gasteiger partial charge in [0.2, 0.25) is 0 Å². The Morgan fingerprint density at radius 2 is 1.69 bits per heavy atom. The fourth-order valence-electron chi connectivity index (χ4n) is 1.19. The van der Waals surface area contributed by atoms with E-state index >= 15 is 0 Å². The first-order valence-electron chi connectivity index (χ1n) is 5.10. The molecule has 2 aromatic rings. The lowest BCUT2D eigenvalue weighted by Crippen LogP contribution is -1.73. The van der Waals surface area contributed by atoms with Gasteiger partial charge < -0.3 is 0 Å². The van der Waals surface area contributed by atoms with Crippen LogP contribution in [0.2, 0.25) is 0 Å². The molecule has 84 valence electrons. The number of rotatable bonds is 2. The van der Waals surface area contributed by atoms with E-state index in [-0.39, 0.29) is 5.82 Å². The molecule has 0 amide bonds. The summed E-state index contributed by atoms with van der Waals surface area (Å²) in [4.78, 5) is 12.1. The van der Waals surface area contributed by atoms with E-state index in [1.54, 1.807) is 18.2 Å². The van der Waals surface area contributed by atoms with E-state index in [0.717, 1.165) is 16.7 Å². The fourth-order valence-corrected chi connectivity index (χ4v) is 2.01. The van der Waals surface area contributed by atoms with Gasteiger partial charge in [0, 0.05) is 4.88 Å². The van der Waals surface area contributed by atoms with Crippen molar-refractivity contribution >= 4 is 17.6 Å². The zero-order valence-corrected chi connectivity index (χ0v) is 10.1. The van der Waals surface area contributed by atoms with Crippen LogP contribution in [0.1, 0.15) is 23.5 Å². The molecular weight excluding hydrogens is 223 g/mol. The van der Waals surface area contributed by atoms with Crippen LogP contribution in [0.25, 0.3) is 10.4 Å². The van der Waals surface area contributed by atoms with Gasteiger partial charge >= 0.3 is 0 Å². The largest absolute Gasteiger partial charge is 0.297 e. The third-order valence-electron chi connectivity index (χ3n) is 1.87. The molecule has 1 nitrogen and oxygen atoms in total. The number of hydrogen-bond donors (Lipinski definition) is 0. The standard InChI is InChI=1S/C11H7FOS.C2H6/c12-9-3-1-8(2-4-9)11-6-5-10(7-13)14-11;1-2/h1-7H;1-2H3. The van der Waals surface area contributed by atoms with Gasteiger partial charge in [-0.3, -0.25) is 4.79 Å². The first-order valence-corrected chi connectivity index (χ1v) is 5.92. The molecule has 0 saturated carbocycles. The van der Waals surface area contributed by atoms with E-state index in [1.165, 1.54) is 23.5 Å². The van der Waals surface area contributed by atoms with Crippen molar-refractivity contribution in [3.05, 3.63) is 47.1 Å². The monoisotopic (exact) mass is 236 g/mol. The molecule has 0 N–H and O–H groups in total. The molecule has 1 aromatic heterocycles. The number of thiophene rings is 1. The summed E-state index contributed by atoms with van der Waals surface area (Å²) >= 11 is 1.40. The Kier molecular flexibility index (Phi) is 4.86. The minimum atomic E-state index is -0.249. The van der Waals surface area contributed by atoms with E-state index in [0.29, 0.717) is 4.88 Å². The number of aldehydes is 1. The molecule has 0 aliphatic carbocycles. The second-order valence-electron chi connectivity index (χ2n) is 2.83. The maximum Gasteiger partial charge on any atom is 0.160 e. The molecule has 0 saturated heterocycles. The Morgan fingerprint density at radius 1 is 1.06 bits per heavy atom. The molecule has 3 heteroatoms. The van der Waals surface area contributed by atoms with Crippen LogP contribution in [0.3, 0.4) is 0 Å². The number of benzene rings is 1. The predicted molar refractivity (Wildman–Crippen MR) is 66.4 cm³/mol. The molecule has 0 aliphatic heterocycles. The van der Waals surface area contributed by atoms with Crippen molar-refractivity contribution in [2.45, 2.75) is 13.8 Å². The second kappa shape index (κ2) is 6.18. The molecule has 1 aromatic carbocycles. The Morgan fingerprint density at radius 3 is 2.19 bits per heavy atom. The zero-order valence-electron chi connectivity index (χ0n) is 9.24. The van der Waals surface area contributed by atoms with Crippen molar-refractivity contribution in [1.29, 1.82) is 0 Å². The van der Waals surface area contributed by atoms with Crippen molar-refractivity contribution in [3.8, 4) is 10.4 Å². The highest BCUT2D eigenvalue weighted by Gasteiger charge is 2.01. The minimum Gasteiger partial charge on any atom is -0.297 e. The van der Waals surface area contributed by atoms with Crippen molar-refractivity contribution < 1.29 is 9.18 Å². The number of carbonyl (C=O) groups excluding carboxylic acids is 1. The van der Waals surface area contributed by atoms with Gasteiger partial charge in [0.05, 0.1) is 4.88 Å². The first-order chi connectivity index (χ1) is 7.79. The second-order valence-corrected chi connectivity index (χ2v) is 3.94. The minimum absolute atomic E-state index is 0.249. The topological polar surface area (TPSA) is 17.1 Å².